The third-order valence-electron chi connectivity index (χ3n) is 3.50. The van der Waals surface area contributed by atoms with Gasteiger partial charge in [-0.3, -0.25) is 4.98 Å². The molecule has 7 heteroatoms. The number of imidazole rings is 1. The van der Waals surface area contributed by atoms with E-state index in [9.17, 15) is 4.39 Å². The predicted octanol–water partition coefficient (Wildman–Crippen LogP) is 3.56. The highest BCUT2D eigenvalue weighted by molar-refractivity contribution is 7.99. The van der Waals surface area contributed by atoms with Gasteiger partial charge in [-0.1, -0.05) is 12.1 Å². The average molecular weight is 337 g/mol. The van der Waals surface area contributed by atoms with E-state index in [-0.39, 0.29) is 5.82 Å². The minimum absolute atomic E-state index is 0.335. The molecular formula is C17H12FN5S. The van der Waals surface area contributed by atoms with Crippen molar-refractivity contribution in [3.05, 3.63) is 72.8 Å². The number of fused-ring (bicyclic) bond motifs is 1. The lowest BCUT2D eigenvalue weighted by Crippen LogP contribution is -2.02. The fourth-order valence-electron chi connectivity index (χ4n) is 2.39. The maximum absolute atomic E-state index is 14.2. The van der Waals surface area contributed by atoms with E-state index >= 15 is 0 Å². The van der Waals surface area contributed by atoms with Gasteiger partial charge in [-0.2, -0.15) is 0 Å². The van der Waals surface area contributed by atoms with Gasteiger partial charge in [0.1, 0.15) is 17.2 Å². The first kappa shape index (κ1) is 14.8. The normalized spacial score (nSPS) is 11.0. The monoisotopic (exact) mass is 337 g/mol. The Morgan fingerprint density at radius 2 is 1.92 bits per heavy atom. The molecule has 0 N–H and O–H groups in total. The number of hydrogen-bond donors (Lipinski definition) is 0. The van der Waals surface area contributed by atoms with Crippen molar-refractivity contribution in [3.8, 4) is 0 Å². The Morgan fingerprint density at radius 3 is 2.79 bits per heavy atom. The summed E-state index contributed by atoms with van der Waals surface area (Å²) in [5, 5.41) is 1.69. The molecule has 0 radical (unpaired) electrons. The number of benzene rings is 1. The minimum atomic E-state index is -0.335. The first-order chi connectivity index (χ1) is 11.8. The van der Waals surface area contributed by atoms with Crippen LogP contribution in [0.4, 0.5) is 4.39 Å². The number of hydrogen-bond acceptors (Lipinski definition) is 5. The lowest BCUT2D eigenvalue weighted by Gasteiger charge is -2.08. The SMILES string of the molecule is Fc1cccc2ncnc(Sc3nccn3Cc3ccccn3)c12. The van der Waals surface area contributed by atoms with Crippen molar-refractivity contribution < 1.29 is 4.39 Å². The van der Waals surface area contributed by atoms with Gasteiger partial charge in [-0.15, -0.1) is 0 Å². The number of halogens is 1. The zero-order valence-corrected chi connectivity index (χ0v) is 13.3. The highest BCUT2D eigenvalue weighted by Crippen LogP contribution is 2.31. The summed E-state index contributed by atoms with van der Waals surface area (Å²) in [6.07, 6.45) is 6.78. The van der Waals surface area contributed by atoms with E-state index in [2.05, 4.69) is 19.9 Å². The van der Waals surface area contributed by atoms with Crippen LogP contribution < -0.4 is 0 Å². The quantitative estimate of drug-likeness (QED) is 0.533. The molecule has 0 atom stereocenters. The van der Waals surface area contributed by atoms with Crippen molar-refractivity contribution in [2.24, 2.45) is 0 Å². The molecule has 24 heavy (non-hydrogen) atoms. The van der Waals surface area contributed by atoms with Crippen LogP contribution in [0.3, 0.4) is 0 Å². The molecule has 0 unspecified atom stereocenters. The smallest absolute Gasteiger partial charge is 0.174 e. The second-order valence-corrected chi connectivity index (χ2v) is 6.03. The van der Waals surface area contributed by atoms with Gasteiger partial charge in [0.15, 0.2) is 5.16 Å². The summed E-state index contributed by atoms with van der Waals surface area (Å²) in [7, 11) is 0. The van der Waals surface area contributed by atoms with Crippen LogP contribution in [0.2, 0.25) is 0 Å². The van der Waals surface area contributed by atoms with Crippen molar-refractivity contribution in [3.63, 3.8) is 0 Å². The van der Waals surface area contributed by atoms with E-state index in [0.29, 0.717) is 22.5 Å². The highest BCUT2D eigenvalue weighted by atomic mass is 32.2. The Kier molecular flexibility index (Phi) is 3.92. The Morgan fingerprint density at radius 1 is 0.958 bits per heavy atom. The Labute approximate surface area is 141 Å². The van der Waals surface area contributed by atoms with Crippen LogP contribution in [0.1, 0.15) is 5.69 Å². The zero-order valence-electron chi connectivity index (χ0n) is 12.5. The average Bonchev–Trinajstić information content (AvgIpc) is 3.03. The number of nitrogens with zero attached hydrogens (tertiary/aromatic N) is 5. The highest BCUT2D eigenvalue weighted by Gasteiger charge is 2.13. The van der Waals surface area contributed by atoms with Crippen LogP contribution in [-0.2, 0) is 6.54 Å². The van der Waals surface area contributed by atoms with Crippen LogP contribution in [0.5, 0.6) is 0 Å². The second kappa shape index (κ2) is 6.37. The summed E-state index contributed by atoms with van der Waals surface area (Å²) in [6.45, 7) is 0.592. The molecule has 0 amide bonds. The topological polar surface area (TPSA) is 56.5 Å². The molecule has 0 saturated heterocycles. The van der Waals surface area contributed by atoms with Crippen molar-refractivity contribution in [1.29, 1.82) is 0 Å². The van der Waals surface area contributed by atoms with Gasteiger partial charge in [0, 0.05) is 18.6 Å². The van der Waals surface area contributed by atoms with Crippen LogP contribution in [-0.4, -0.2) is 24.5 Å². The van der Waals surface area contributed by atoms with E-state index in [1.165, 1.54) is 24.2 Å². The van der Waals surface area contributed by atoms with Gasteiger partial charge in [-0.25, -0.2) is 19.3 Å². The number of aromatic nitrogens is 5. The van der Waals surface area contributed by atoms with Crippen molar-refractivity contribution >= 4 is 22.7 Å². The van der Waals surface area contributed by atoms with Crippen LogP contribution in [0, 0.1) is 5.82 Å². The molecule has 0 aliphatic rings. The van der Waals surface area contributed by atoms with Gasteiger partial charge >= 0.3 is 0 Å². The summed E-state index contributed by atoms with van der Waals surface area (Å²) in [4.78, 5) is 17.0. The summed E-state index contributed by atoms with van der Waals surface area (Å²) in [6, 6.07) is 10.6. The summed E-state index contributed by atoms with van der Waals surface area (Å²) < 4.78 is 16.2. The molecule has 0 bridgehead atoms. The fourth-order valence-corrected chi connectivity index (χ4v) is 3.32. The van der Waals surface area contributed by atoms with Crippen LogP contribution in [0.25, 0.3) is 10.9 Å². The summed E-state index contributed by atoms with van der Waals surface area (Å²) in [5.41, 5.74) is 1.51. The van der Waals surface area contributed by atoms with Gasteiger partial charge in [-0.05, 0) is 36.0 Å². The third kappa shape index (κ3) is 2.85. The third-order valence-corrected chi connectivity index (χ3v) is 4.53. The molecule has 4 aromatic rings. The molecule has 4 rings (SSSR count). The van der Waals surface area contributed by atoms with Gasteiger partial charge in [0.05, 0.1) is 23.1 Å². The maximum atomic E-state index is 14.2. The molecule has 0 aliphatic heterocycles. The lowest BCUT2D eigenvalue weighted by atomic mass is 10.2. The van der Waals surface area contributed by atoms with Crippen LogP contribution in [0.15, 0.2) is 71.5 Å². The largest absolute Gasteiger partial charge is 0.320 e. The minimum Gasteiger partial charge on any atom is -0.320 e. The standard InChI is InChI=1S/C17H12FN5S/c18-13-5-3-6-14-15(13)16(22-11-21-14)24-17-20-8-9-23(17)10-12-4-1-2-7-19-12/h1-9,11H,10H2. The number of rotatable bonds is 4. The molecule has 0 spiro atoms. The molecule has 3 heterocycles. The van der Waals surface area contributed by atoms with E-state index in [0.717, 1.165) is 10.9 Å². The zero-order chi connectivity index (χ0) is 16.4. The van der Waals surface area contributed by atoms with Crippen molar-refractivity contribution in [2.75, 3.05) is 0 Å². The molecule has 118 valence electrons. The number of pyridine rings is 1. The molecule has 0 aliphatic carbocycles. The van der Waals surface area contributed by atoms with E-state index in [4.69, 9.17) is 0 Å². The lowest BCUT2D eigenvalue weighted by molar-refractivity contribution is 0.636. The Hall–Kier alpha value is -2.80. The Balaban J connectivity index is 1.69. The summed E-state index contributed by atoms with van der Waals surface area (Å²) in [5.74, 6) is -0.335. The molecule has 0 saturated carbocycles. The molecule has 5 nitrogen and oxygen atoms in total. The first-order valence-electron chi connectivity index (χ1n) is 7.29. The molecule has 1 aromatic carbocycles. The van der Waals surface area contributed by atoms with E-state index in [1.54, 1.807) is 24.5 Å². The summed E-state index contributed by atoms with van der Waals surface area (Å²) >= 11 is 1.32. The second-order valence-electron chi connectivity index (χ2n) is 5.07. The maximum Gasteiger partial charge on any atom is 0.174 e. The van der Waals surface area contributed by atoms with Crippen molar-refractivity contribution in [2.45, 2.75) is 16.7 Å². The van der Waals surface area contributed by atoms with E-state index < -0.39 is 0 Å². The van der Waals surface area contributed by atoms with Gasteiger partial charge < -0.3 is 4.57 Å². The molecule has 0 fully saturated rings. The van der Waals surface area contributed by atoms with Gasteiger partial charge in [0.2, 0.25) is 0 Å². The van der Waals surface area contributed by atoms with Crippen LogP contribution >= 0.6 is 11.8 Å². The molecule has 3 aromatic heterocycles. The van der Waals surface area contributed by atoms with E-state index in [1.807, 2.05) is 29.0 Å². The predicted molar refractivity (Wildman–Crippen MR) is 89.2 cm³/mol. The van der Waals surface area contributed by atoms with Crippen molar-refractivity contribution in [1.82, 2.24) is 24.5 Å². The first-order valence-corrected chi connectivity index (χ1v) is 8.11. The fraction of sp³-hybridized carbons (Fsp3) is 0.0588. The van der Waals surface area contributed by atoms with Gasteiger partial charge in [0.25, 0.3) is 0 Å². The Bertz CT molecular complexity index is 981. The molecular weight excluding hydrogens is 325 g/mol.